The summed E-state index contributed by atoms with van der Waals surface area (Å²) in [5.74, 6) is 0.00337. The minimum absolute atomic E-state index is 0.0233. The van der Waals surface area contributed by atoms with Gasteiger partial charge in [-0.05, 0) is 31.6 Å². The number of ether oxygens (including phenoxy) is 1. The third-order valence-corrected chi connectivity index (χ3v) is 5.88. The Hall–Kier alpha value is -1.04. The summed E-state index contributed by atoms with van der Waals surface area (Å²) in [5, 5.41) is 11.2. The molecule has 3 fully saturated rings. The first-order valence-electron chi connectivity index (χ1n) is 9.94. The van der Waals surface area contributed by atoms with E-state index in [0.717, 1.165) is 38.5 Å². The first-order chi connectivity index (χ1) is 12.1. The molecule has 0 N–H and O–H groups in total. The summed E-state index contributed by atoms with van der Waals surface area (Å²) in [6, 6.07) is -0.634. The van der Waals surface area contributed by atoms with Crippen molar-refractivity contribution in [2.75, 3.05) is 6.67 Å². The maximum absolute atomic E-state index is 13.0. The molecule has 3 rings (SSSR count). The van der Waals surface area contributed by atoms with Gasteiger partial charge < -0.3 is 4.74 Å². The van der Waals surface area contributed by atoms with Crippen LogP contribution in [0.4, 0.5) is 4.39 Å². The number of unbranched alkanes of at least 4 members (excludes halogenated alkanes) is 4. The Labute approximate surface area is 149 Å². The number of fused-ring (bicyclic) bond motifs is 3. The molecule has 144 valence electrons. The van der Waals surface area contributed by atoms with Crippen LogP contribution in [0.5, 0.6) is 0 Å². The van der Waals surface area contributed by atoms with Gasteiger partial charge in [0.05, 0.1) is 12.8 Å². The van der Waals surface area contributed by atoms with Gasteiger partial charge in [0.1, 0.15) is 6.10 Å². The predicted molar refractivity (Wildman–Crippen MR) is 93.9 cm³/mol. The van der Waals surface area contributed by atoms with E-state index in [4.69, 9.17) is 4.74 Å². The fourth-order valence-electron chi connectivity index (χ4n) is 4.32. The molecule has 0 aromatic carbocycles. The van der Waals surface area contributed by atoms with E-state index in [0.29, 0.717) is 19.3 Å². The molecule has 0 radical (unpaired) electrons. The molecule has 1 aliphatic carbocycles. The number of hydrogen-bond donors (Lipinski definition) is 0. The van der Waals surface area contributed by atoms with Gasteiger partial charge in [-0.1, -0.05) is 32.6 Å². The Morgan fingerprint density at radius 1 is 1.24 bits per heavy atom. The third kappa shape index (κ3) is 5.73. The van der Waals surface area contributed by atoms with Crippen molar-refractivity contribution in [3.05, 3.63) is 10.1 Å². The third-order valence-electron chi connectivity index (χ3n) is 5.88. The van der Waals surface area contributed by atoms with Crippen molar-refractivity contribution in [1.29, 1.82) is 0 Å². The first kappa shape index (κ1) is 20.3. The molecule has 5 unspecified atom stereocenters. The van der Waals surface area contributed by atoms with Crippen LogP contribution in [0.3, 0.4) is 0 Å². The molecule has 1 saturated carbocycles. The number of hydrogen-bond acceptors (Lipinski definition) is 4. The highest BCUT2D eigenvalue weighted by molar-refractivity contribution is 5.83. The van der Waals surface area contributed by atoms with Crippen LogP contribution in [0.2, 0.25) is 0 Å². The smallest absolute Gasteiger partial charge is 0.213 e. The number of halogens is 1. The van der Waals surface area contributed by atoms with Gasteiger partial charge in [0, 0.05) is 30.1 Å². The molecular formula is C19H32FNO4. The Kier molecular flexibility index (Phi) is 8.27. The van der Waals surface area contributed by atoms with Gasteiger partial charge in [0.15, 0.2) is 5.78 Å². The van der Waals surface area contributed by atoms with Crippen molar-refractivity contribution in [3.8, 4) is 0 Å². The largest absolute Gasteiger partial charge is 0.367 e. The summed E-state index contributed by atoms with van der Waals surface area (Å²) in [6.07, 6.45) is 8.21. The first-order valence-corrected chi connectivity index (χ1v) is 9.94. The maximum Gasteiger partial charge on any atom is 0.213 e. The number of ketones is 1. The number of carbonyl (C=O) groups excluding carboxylic acids is 1. The molecule has 5 nitrogen and oxygen atoms in total. The van der Waals surface area contributed by atoms with Crippen LogP contribution in [-0.2, 0) is 9.53 Å². The van der Waals surface area contributed by atoms with Crippen LogP contribution in [-0.4, -0.2) is 35.6 Å². The van der Waals surface area contributed by atoms with E-state index in [-0.39, 0.29) is 41.7 Å². The molecule has 0 aromatic heterocycles. The van der Waals surface area contributed by atoms with Gasteiger partial charge in [0.2, 0.25) is 6.04 Å². The Balaban J connectivity index is 1.74. The number of alkyl halides is 1. The van der Waals surface area contributed by atoms with E-state index in [1.54, 1.807) is 0 Å². The fraction of sp³-hybridized carbons (Fsp3) is 0.947. The zero-order valence-corrected chi connectivity index (χ0v) is 15.3. The molecule has 5 atom stereocenters. The summed E-state index contributed by atoms with van der Waals surface area (Å²) >= 11 is 0. The summed E-state index contributed by atoms with van der Waals surface area (Å²) in [5.41, 5.74) is 0. The summed E-state index contributed by atoms with van der Waals surface area (Å²) in [4.78, 5) is 23.5. The lowest BCUT2D eigenvalue weighted by molar-refractivity contribution is -0.524. The van der Waals surface area contributed by atoms with Gasteiger partial charge >= 0.3 is 0 Å². The summed E-state index contributed by atoms with van der Waals surface area (Å²) in [7, 11) is 0. The lowest BCUT2D eigenvalue weighted by Gasteiger charge is -2.45. The summed E-state index contributed by atoms with van der Waals surface area (Å²) in [6.45, 7) is 1.75. The molecule has 3 aliphatic rings. The van der Waals surface area contributed by atoms with Crippen molar-refractivity contribution in [2.45, 2.75) is 95.8 Å². The maximum atomic E-state index is 13.0. The number of nitrogens with zero attached hydrogens (tertiary/aromatic N) is 1. The predicted octanol–water partition coefficient (Wildman–Crippen LogP) is 4.49. The molecular weight excluding hydrogens is 325 g/mol. The normalized spacial score (nSPS) is 29.5. The quantitative estimate of drug-likeness (QED) is 0.293. The minimum Gasteiger partial charge on any atom is -0.367 e. The van der Waals surface area contributed by atoms with Gasteiger partial charge in [-0.3, -0.25) is 19.3 Å². The van der Waals surface area contributed by atoms with Crippen LogP contribution >= 0.6 is 0 Å². The zero-order chi connectivity index (χ0) is 18.2. The van der Waals surface area contributed by atoms with Gasteiger partial charge in [-0.25, -0.2) is 0 Å². The zero-order valence-electron chi connectivity index (χ0n) is 15.3. The van der Waals surface area contributed by atoms with Gasteiger partial charge in [-0.2, -0.15) is 0 Å². The van der Waals surface area contributed by atoms with E-state index < -0.39 is 12.1 Å². The molecule has 0 amide bonds. The molecule has 2 aliphatic heterocycles. The molecule has 0 spiro atoms. The average molecular weight is 357 g/mol. The van der Waals surface area contributed by atoms with Crippen molar-refractivity contribution < 1.29 is 18.8 Å². The minimum atomic E-state index is -0.634. The second-order valence-corrected chi connectivity index (χ2v) is 7.73. The Morgan fingerprint density at radius 2 is 2.00 bits per heavy atom. The van der Waals surface area contributed by atoms with Gasteiger partial charge in [-0.15, -0.1) is 0 Å². The molecule has 2 saturated heterocycles. The van der Waals surface area contributed by atoms with E-state index in [1.807, 2.05) is 0 Å². The SMILES string of the molecule is CCCCCCCC(CCC(=O)C1OC2CCC1CC2CF)[N+](=O)[O-]. The lowest BCUT2D eigenvalue weighted by atomic mass is 9.73. The van der Waals surface area contributed by atoms with Crippen LogP contribution in [0.15, 0.2) is 0 Å². The van der Waals surface area contributed by atoms with Gasteiger partial charge in [0.25, 0.3) is 0 Å². The molecule has 2 heterocycles. The van der Waals surface area contributed by atoms with E-state index in [9.17, 15) is 19.3 Å². The van der Waals surface area contributed by atoms with Crippen LogP contribution < -0.4 is 0 Å². The number of carbonyl (C=O) groups is 1. The number of Topliss-reactive ketones (excluding diaryl/α,β-unsaturated/α-hetero) is 1. The molecule has 25 heavy (non-hydrogen) atoms. The van der Waals surface area contributed by atoms with Crippen molar-refractivity contribution >= 4 is 5.78 Å². The molecule has 6 heteroatoms. The van der Waals surface area contributed by atoms with Crippen LogP contribution in [0.1, 0.15) is 77.6 Å². The highest BCUT2D eigenvalue weighted by atomic mass is 19.1. The highest BCUT2D eigenvalue weighted by Gasteiger charge is 2.45. The second kappa shape index (κ2) is 10.2. The fourth-order valence-corrected chi connectivity index (χ4v) is 4.32. The Bertz CT molecular complexity index is 445. The van der Waals surface area contributed by atoms with Crippen molar-refractivity contribution in [2.24, 2.45) is 11.8 Å². The van der Waals surface area contributed by atoms with Crippen molar-refractivity contribution in [3.63, 3.8) is 0 Å². The Morgan fingerprint density at radius 3 is 2.60 bits per heavy atom. The van der Waals surface area contributed by atoms with E-state index >= 15 is 0 Å². The number of nitro groups is 1. The van der Waals surface area contributed by atoms with E-state index in [1.165, 1.54) is 6.42 Å². The highest BCUT2D eigenvalue weighted by Crippen LogP contribution is 2.42. The standard InChI is InChI=1S/C19H32FNO4/c1-2-3-4-5-6-7-16(21(23)24)9-10-17(22)19-14-8-11-18(25-19)15(12-14)13-20/h14-16,18-19H,2-13H2,1H3. The van der Waals surface area contributed by atoms with Crippen LogP contribution in [0, 0.1) is 22.0 Å². The second-order valence-electron chi connectivity index (χ2n) is 7.73. The topological polar surface area (TPSA) is 69.4 Å². The lowest BCUT2D eigenvalue weighted by Crippen LogP contribution is -2.50. The average Bonchev–Trinajstić information content (AvgIpc) is 2.63. The monoisotopic (exact) mass is 357 g/mol. The number of rotatable bonds is 12. The van der Waals surface area contributed by atoms with Crippen molar-refractivity contribution in [1.82, 2.24) is 0 Å². The molecule has 2 bridgehead atoms. The van der Waals surface area contributed by atoms with E-state index in [2.05, 4.69) is 6.92 Å². The molecule has 0 aromatic rings. The van der Waals surface area contributed by atoms with Crippen LogP contribution in [0.25, 0.3) is 0 Å². The summed E-state index contributed by atoms with van der Waals surface area (Å²) < 4.78 is 18.8.